The Kier molecular flexibility index (Phi) is 5.32. The summed E-state index contributed by atoms with van der Waals surface area (Å²) < 4.78 is 5.21. The summed E-state index contributed by atoms with van der Waals surface area (Å²) >= 11 is 0. The fraction of sp³-hybridized carbons (Fsp3) is 0.333. The van der Waals surface area contributed by atoms with Crippen LogP contribution in [0.25, 0.3) is 0 Å². The lowest BCUT2D eigenvalue weighted by Crippen LogP contribution is -2.22. The number of pyridine rings is 2. The Balaban J connectivity index is 1.73. The van der Waals surface area contributed by atoms with Crippen LogP contribution in [0.4, 0.5) is 5.69 Å². The molecule has 0 bridgehead atoms. The molecule has 5 nitrogen and oxygen atoms in total. The number of aryl methyl sites for hydroxylation is 1. The highest BCUT2D eigenvalue weighted by Crippen LogP contribution is 2.13. The molecule has 2 rings (SSSR count). The van der Waals surface area contributed by atoms with Crippen LogP contribution in [-0.2, 0) is 6.54 Å². The van der Waals surface area contributed by atoms with Crippen molar-refractivity contribution >= 4 is 5.69 Å². The van der Waals surface area contributed by atoms with Crippen LogP contribution in [0.1, 0.15) is 11.1 Å². The zero-order valence-corrected chi connectivity index (χ0v) is 11.9. The Hall–Kier alpha value is -2.14. The van der Waals surface area contributed by atoms with Gasteiger partial charge in [-0.3, -0.25) is 4.98 Å². The first-order chi connectivity index (χ1) is 9.81. The molecular weight excluding hydrogens is 252 g/mol. The predicted molar refractivity (Wildman–Crippen MR) is 80.0 cm³/mol. The number of nitrogens with zero attached hydrogens (tertiary/aromatic N) is 2. The summed E-state index contributed by atoms with van der Waals surface area (Å²) in [5.41, 5.74) is 3.34. The van der Waals surface area contributed by atoms with E-state index in [0.717, 1.165) is 36.4 Å². The van der Waals surface area contributed by atoms with E-state index in [2.05, 4.69) is 20.6 Å². The van der Waals surface area contributed by atoms with Crippen molar-refractivity contribution in [2.24, 2.45) is 0 Å². The molecule has 0 saturated heterocycles. The minimum absolute atomic E-state index is 0.679. The number of methoxy groups -OCH3 is 1. The second kappa shape index (κ2) is 7.45. The van der Waals surface area contributed by atoms with Gasteiger partial charge in [0.2, 0.25) is 5.88 Å². The van der Waals surface area contributed by atoms with Crippen molar-refractivity contribution in [3.8, 4) is 5.88 Å². The lowest BCUT2D eigenvalue weighted by Gasteiger charge is -2.10. The predicted octanol–water partition coefficient (Wildman–Crippen LogP) is 2.00. The number of nitrogens with one attached hydrogen (secondary N) is 2. The van der Waals surface area contributed by atoms with Gasteiger partial charge < -0.3 is 15.4 Å². The summed E-state index contributed by atoms with van der Waals surface area (Å²) in [5, 5.41) is 6.75. The van der Waals surface area contributed by atoms with Gasteiger partial charge in [-0.05, 0) is 24.6 Å². The zero-order chi connectivity index (χ0) is 14.2. The molecule has 0 spiro atoms. The normalized spacial score (nSPS) is 10.3. The molecular formula is C15H20N4O. The topological polar surface area (TPSA) is 59.1 Å². The van der Waals surface area contributed by atoms with Crippen molar-refractivity contribution in [3.63, 3.8) is 0 Å². The van der Waals surface area contributed by atoms with E-state index in [1.165, 1.54) is 0 Å². The van der Waals surface area contributed by atoms with Crippen molar-refractivity contribution in [1.29, 1.82) is 0 Å². The Labute approximate surface area is 119 Å². The second-order valence-electron chi connectivity index (χ2n) is 4.47. The monoisotopic (exact) mass is 272 g/mol. The van der Waals surface area contributed by atoms with E-state index < -0.39 is 0 Å². The molecule has 0 aliphatic carbocycles. The third kappa shape index (κ3) is 3.93. The number of anilines is 1. The zero-order valence-electron chi connectivity index (χ0n) is 11.9. The van der Waals surface area contributed by atoms with Gasteiger partial charge in [0.1, 0.15) is 0 Å². The Morgan fingerprint density at radius 2 is 2.10 bits per heavy atom. The molecule has 0 atom stereocenters. The molecule has 0 amide bonds. The van der Waals surface area contributed by atoms with Crippen LogP contribution in [0.5, 0.6) is 5.88 Å². The van der Waals surface area contributed by atoms with Crippen LogP contribution in [0.3, 0.4) is 0 Å². The average molecular weight is 272 g/mol. The van der Waals surface area contributed by atoms with Crippen LogP contribution < -0.4 is 15.4 Å². The molecule has 106 valence electrons. The molecule has 2 heterocycles. The standard InChI is InChI=1S/C15H20N4O/c1-12-10-16-7-5-14(12)18-9-8-17-11-13-4-3-6-19-15(13)20-2/h3-7,10,17H,8-9,11H2,1-2H3,(H,16,18). The molecule has 0 saturated carbocycles. The number of ether oxygens (including phenoxy) is 1. The SMILES string of the molecule is COc1ncccc1CNCCNc1ccncc1C. The van der Waals surface area contributed by atoms with E-state index in [-0.39, 0.29) is 0 Å². The van der Waals surface area contributed by atoms with Gasteiger partial charge in [-0.1, -0.05) is 6.07 Å². The van der Waals surface area contributed by atoms with Gasteiger partial charge in [0, 0.05) is 49.5 Å². The molecule has 2 aromatic heterocycles. The Morgan fingerprint density at radius 1 is 1.20 bits per heavy atom. The summed E-state index contributed by atoms with van der Waals surface area (Å²) in [4.78, 5) is 8.24. The van der Waals surface area contributed by atoms with E-state index in [1.54, 1.807) is 19.5 Å². The summed E-state index contributed by atoms with van der Waals surface area (Å²) in [6, 6.07) is 5.91. The molecule has 0 unspecified atom stereocenters. The maximum absolute atomic E-state index is 5.21. The highest BCUT2D eigenvalue weighted by molar-refractivity contribution is 5.48. The van der Waals surface area contributed by atoms with Crippen molar-refractivity contribution in [3.05, 3.63) is 47.9 Å². The lowest BCUT2D eigenvalue weighted by atomic mass is 10.2. The largest absolute Gasteiger partial charge is 0.481 e. The molecule has 0 radical (unpaired) electrons. The second-order valence-corrected chi connectivity index (χ2v) is 4.47. The smallest absolute Gasteiger partial charge is 0.217 e. The lowest BCUT2D eigenvalue weighted by molar-refractivity contribution is 0.391. The van der Waals surface area contributed by atoms with E-state index >= 15 is 0 Å². The summed E-state index contributed by atoms with van der Waals surface area (Å²) in [6.45, 7) is 4.50. The Bertz CT molecular complexity index is 545. The maximum atomic E-state index is 5.21. The molecule has 20 heavy (non-hydrogen) atoms. The van der Waals surface area contributed by atoms with Crippen LogP contribution in [0.2, 0.25) is 0 Å². The first kappa shape index (κ1) is 14.3. The first-order valence-electron chi connectivity index (χ1n) is 6.64. The van der Waals surface area contributed by atoms with Crippen LogP contribution in [-0.4, -0.2) is 30.2 Å². The third-order valence-electron chi connectivity index (χ3n) is 3.00. The van der Waals surface area contributed by atoms with Gasteiger partial charge in [-0.25, -0.2) is 4.98 Å². The number of hydrogen-bond donors (Lipinski definition) is 2. The number of rotatable bonds is 7. The summed E-state index contributed by atoms with van der Waals surface area (Å²) in [7, 11) is 1.64. The molecule has 0 aromatic carbocycles. The third-order valence-corrected chi connectivity index (χ3v) is 3.00. The fourth-order valence-electron chi connectivity index (χ4n) is 1.92. The van der Waals surface area contributed by atoms with Gasteiger partial charge in [0.05, 0.1) is 7.11 Å². The summed E-state index contributed by atoms with van der Waals surface area (Å²) in [5.74, 6) is 0.679. The van der Waals surface area contributed by atoms with Crippen molar-refractivity contribution in [2.75, 3.05) is 25.5 Å². The minimum Gasteiger partial charge on any atom is -0.481 e. The van der Waals surface area contributed by atoms with Gasteiger partial charge in [0.25, 0.3) is 0 Å². The van der Waals surface area contributed by atoms with Crippen LogP contribution >= 0.6 is 0 Å². The average Bonchev–Trinajstić information content (AvgIpc) is 2.49. The van der Waals surface area contributed by atoms with E-state index in [0.29, 0.717) is 5.88 Å². The number of hydrogen-bond acceptors (Lipinski definition) is 5. The summed E-state index contributed by atoms with van der Waals surface area (Å²) in [6.07, 6.45) is 5.38. The van der Waals surface area contributed by atoms with Gasteiger partial charge in [-0.15, -0.1) is 0 Å². The Morgan fingerprint density at radius 3 is 2.90 bits per heavy atom. The maximum Gasteiger partial charge on any atom is 0.217 e. The van der Waals surface area contributed by atoms with Crippen molar-refractivity contribution in [1.82, 2.24) is 15.3 Å². The van der Waals surface area contributed by atoms with E-state index in [1.807, 2.05) is 31.3 Å². The molecule has 0 fully saturated rings. The molecule has 2 aromatic rings. The quantitative estimate of drug-likeness (QED) is 0.755. The van der Waals surface area contributed by atoms with E-state index in [9.17, 15) is 0 Å². The van der Waals surface area contributed by atoms with E-state index in [4.69, 9.17) is 4.74 Å². The van der Waals surface area contributed by atoms with Crippen molar-refractivity contribution < 1.29 is 4.74 Å². The van der Waals surface area contributed by atoms with Gasteiger partial charge >= 0.3 is 0 Å². The van der Waals surface area contributed by atoms with Crippen molar-refractivity contribution in [2.45, 2.75) is 13.5 Å². The van der Waals surface area contributed by atoms with Crippen LogP contribution in [0.15, 0.2) is 36.8 Å². The highest BCUT2D eigenvalue weighted by atomic mass is 16.5. The number of aromatic nitrogens is 2. The molecule has 0 aliphatic rings. The molecule has 2 N–H and O–H groups in total. The molecule has 5 heteroatoms. The molecule has 0 aliphatic heterocycles. The first-order valence-corrected chi connectivity index (χ1v) is 6.64. The fourth-order valence-corrected chi connectivity index (χ4v) is 1.92. The van der Waals surface area contributed by atoms with Gasteiger partial charge in [0.15, 0.2) is 0 Å². The highest BCUT2D eigenvalue weighted by Gasteiger charge is 2.02. The van der Waals surface area contributed by atoms with Crippen LogP contribution in [0, 0.1) is 6.92 Å². The minimum atomic E-state index is 0.679. The van der Waals surface area contributed by atoms with Gasteiger partial charge in [-0.2, -0.15) is 0 Å².